The van der Waals surface area contributed by atoms with E-state index < -0.39 is 0 Å². The van der Waals surface area contributed by atoms with Crippen molar-refractivity contribution in [2.45, 2.75) is 18.9 Å². The van der Waals surface area contributed by atoms with Gasteiger partial charge in [0.05, 0.1) is 16.3 Å². The van der Waals surface area contributed by atoms with Crippen LogP contribution in [-0.2, 0) is 6.42 Å². The van der Waals surface area contributed by atoms with Crippen molar-refractivity contribution in [1.29, 1.82) is 0 Å². The molecule has 1 aromatic heterocycles. The first-order valence-corrected chi connectivity index (χ1v) is 7.42. The Bertz CT molecular complexity index is 699. The molecule has 3 aromatic rings. The summed E-state index contributed by atoms with van der Waals surface area (Å²) in [6.07, 6.45) is 2.33. The molecule has 94 valence electrons. The van der Waals surface area contributed by atoms with Crippen LogP contribution in [0.2, 0.25) is 0 Å². The Labute approximate surface area is 116 Å². The lowest BCUT2D eigenvalue weighted by Gasteiger charge is -2.12. The lowest BCUT2D eigenvalue weighted by Crippen LogP contribution is -2.06. The maximum absolute atomic E-state index is 4.66. The number of anilines is 1. The summed E-state index contributed by atoms with van der Waals surface area (Å²) in [6.45, 7) is 0. The summed E-state index contributed by atoms with van der Waals surface area (Å²) >= 11 is 1.74. The van der Waals surface area contributed by atoms with Crippen LogP contribution in [0, 0.1) is 0 Å². The summed E-state index contributed by atoms with van der Waals surface area (Å²) in [5, 5.41) is 4.62. The van der Waals surface area contributed by atoms with Gasteiger partial charge in [0.25, 0.3) is 0 Å². The molecular formula is C16H14N2S. The second-order valence-corrected chi connectivity index (χ2v) is 5.95. The van der Waals surface area contributed by atoms with E-state index in [1.165, 1.54) is 22.2 Å². The highest BCUT2D eigenvalue weighted by Crippen LogP contribution is 2.35. The average Bonchev–Trinajstić information content (AvgIpc) is 3.03. The summed E-state index contributed by atoms with van der Waals surface area (Å²) < 4.78 is 1.25. The molecule has 0 saturated carbocycles. The highest BCUT2D eigenvalue weighted by molar-refractivity contribution is 7.22. The fourth-order valence-corrected chi connectivity index (χ4v) is 3.71. The van der Waals surface area contributed by atoms with Gasteiger partial charge in [0, 0.05) is 0 Å². The highest BCUT2D eigenvalue weighted by atomic mass is 32.1. The van der Waals surface area contributed by atoms with Gasteiger partial charge in [0.1, 0.15) is 0 Å². The number of hydrogen-bond donors (Lipinski definition) is 1. The molecule has 1 aliphatic carbocycles. The van der Waals surface area contributed by atoms with Crippen LogP contribution in [0.1, 0.15) is 23.6 Å². The molecule has 3 heteroatoms. The van der Waals surface area contributed by atoms with E-state index in [0.29, 0.717) is 6.04 Å². The van der Waals surface area contributed by atoms with Gasteiger partial charge in [-0.15, -0.1) is 0 Å². The molecule has 1 aliphatic rings. The molecule has 0 spiro atoms. The Kier molecular flexibility index (Phi) is 2.52. The summed E-state index contributed by atoms with van der Waals surface area (Å²) in [5.41, 5.74) is 3.99. The molecule has 0 amide bonds. The Balaban J connectivity index is 1.65. The van der Waals surface area contributed by atoms with Gasteiger partial charge >= 0.3 is 0 Å². The second-order valence-electron chi connectivity index (χ2n) is 4.92. The van der Waals surface area contributed by atoms with E-state index in [1.54, 1.807) is 11.3 Å². The third-order valence-electron chi connectivity index (χ3n) is 3.72. The van der Waals surface area contributed by atoms with Crippen LogP contribution in [0.4, 0.5) is 5.13 Å². The van der Waals surface area contributed by atoms with Crippen molar-refractivity contribution in [3.63, 3.8) is 0 Å². The number of para-hydroxylation sites is 1. The van der Waals surface area contributed by atoms with E-state index in [1.807, 2.05) is 6.07 Å². The molecule has 0 saturated heterocycles. The van der Waals surface area contributed by atoms with Crippen molar-refractivity contribution >= 4 is 26.7 Å². The molecule has 1 N–H and O–H groups in total. The van der Waals surface area contributed by atoms with E-state index in [0.717, 1.165) is 17.1 Å². The highest BCUT2D eigenvalue weighted by Gasteiger charge is 2.22. The Hall–Kier alpha value is -1.87. The molecule has 0 radical (unpaired) electrons. The standard InChI is InChI=1S/C16H14N2S/c1-2-6-12-11(5-1)9-10-13(12)17-16-18-14-7-3-4-8-15(14)19-16/h1-8,13H,9-10H2,(H,17,18). The normalized spacial score (nSPS) is 17.6. The van der Waals surface area contributed by atoms with Gasteiger partial charge in [-0.2, -0.15) is 0 Å². The van der Waals surface area contributed by atoms with Gasteiger partial charge in [0.15, 0.2) is 5.13 Å². The minimum absolute atomic E-state index is 0.414. The first kappa shape index (κ1) is 11.0. The largest absolute Gasteiger partial charge is 0.355 e. The maximum Gasteiger partial charge on any atom is 0.184 e. The third kappa shape index (κ3) is 1.90. The lowest BCUT2D eigenvalue weighted by atomic mass is 10.1. The molecule has 1 unspecified atom stereocenters. The van der Waals surface area contributed by atoms with Crippen LogP contribution in [0.25, 0.3) is 10.2 Å². The number of benzene rings is 2. The van der Waals surface area contributed by atoms with Crippen LogP contribution >= 0.6 is 11.3 Å². The SMILES string of the molecule is c1ccc2c(c1)CCC2Nc1nc2ccccc2s1. The van der Waals surface area contributed by atoms with Crippen LogP contribution in [0.15, 0.2) is 48.5 Å². The minimum atomic E-state index is 0.414. The number of hydrogen-bond acceptors (Lipinski definition) is 3. The first-order valence-electron chi connectivity index (χ1n) is 6.60. The Morgan fingerprint density at radius 1 is 1.05 bits per heavy atom. The Morgan fingerprint density at radius 2 is 1.89 bits per heavy atom. The first-order chi connectivity index (χ1) is 9.40. The fraction of sp³-hybridized carbons (Fsp3) is 0.188. The van der Waals surface area contributed by atoms with Crippen LogP contribution < -0.4 is 5.32 Å². The van der Waals surface area contributed by atoms with Gasteiger partial charge < -0.3 is 5.32 Å². The number of aromatic nitrogens is 1. The van der Waals surface area contributed by atoms with Gasteiger partial charge in [-0.1, -0.05) is 47.7 Å². The van der Waals surface area contributed by atoms with Crippen molar-refractivity contribution in [2.24, 2.45) is 0 Å². The zero-order chi connectivity index (χ0) is 12.7. The topological polar surface area (TPSA) is 24.9 Å². The summed E-state index contributed by atoms with van der Waals surface area (Å²) in [5.74, 6) is 0. The van der Waals surface area contributed by atoms with E-state index in [4.69, 9.17) is 0 Å². The fourth-order valence-electron chi connectivity index (χ4n) is 2.79. The third-order valence-corrected chi connectivity index (χ3v) is 4.69. The van der Waals surface area contributed by atoms with Gasteiger partial charge in [-0.3, -0.25) is 0 Å². The van der Waals surface area contributed by atoms with Crippen molar-refractivity contribution in [2.75, 3.05) is 5.32 Å². The maximum atomic E-state index is 4.66. The quantitative estimate of drug-likeness (QED) is 0.744. The summed E-state index contributed by atoms with van der Waals surface area (Å²) in [7, 11) is 0. The molecule has 1 heterocycles. The number of nitrogens with one attached hydrogen (secondary N) is 1. The van der Waals surface area contributed by atoms with Crippen molar-refractivity contribution < 1.29 is 0 Å². The van der Waals surface area contributed by atoms with E-state index in [9.17, 15) is 0 Å². The van der Waals surface area contributed by atoms with Crippen molar-refractivity contribution in [3.8, 4) is 0 Å². The number of aryl methyl sites for hydroxylation is 1. The predicted molar refractivity (Wildman–Crippen MR) is 80.7 cm³/mol. The predicted octanol–water partition coefficient (Wildman–Crippen LogP) is 4.40. The van der Waals surface area contributed by atoms with Crippen molar-refractivity contribution in [1.82, 2.24) is 4.98 Å². The number of nitrogens with zero attached hydrogens (tertiary/aromatic N) is 1. The zero-order valence-electron chi connectivity index (χ0n) is 10.5. The van der Waals surface area contributed by atoms with Crippen LogP contribution in [0.5, 0.6) is 0 Å². The van der Waals surface area contributed by atoms with E-state index in [2.05, 4.69) is 52.8 Å². The zero-order valence-corrected chi connectivity index (χ0v) is 11.3. The molecule has 1 atom stereocenters. The Morgan fingerprint density at radius 3 is 2.84 bits per heavy atom. The molecule has 4 rings (SSSR count). The lowest BCUT2D eigenvalue weighted by molar-refractivity contribution is 0.761. The van der Waals surface area contributed by atoms with E-state index >= 15 is 0 Å². The summed E-state index contributed by atoms with van der Waals surface area (Å²) in [4.78, 5) is 4.66. The average molecular weight is 266 g/mol. The minimum Gasteiger partial charge on any atom is -0.355 e. The van der Waals surface area contributed by atoms with Gasteiger partial charge in [-0.25, -0.2) is 4.98 Å². The smallest absolute Gasteiger partial charge is 0.184 e. The molecule has 0 fully saturated rings. The number of rotatable bonds is 2. The molecule has 0 bridgehead atoms. The number of thiazole rings is 1. The summed E-state index contributed by atoms with van der Waals surface area (Å²) in [6, 6.07) is 17.4. The monoisotopic (exact) mass is 266 g/mol. The molecule has 2 aromatic carbocycles. The second kappa shape index (κ2) is 4.35. The molecular weight excluding hydrogens is 252 g/mol. The molecule has 0 aliphatic heterocycles. The molecule has 19 heavy (non-hydrogen) atoms. The molecule has 2 nitrogen and oxygen atoms in total. The van der Waals surface area contributed by atoms with Gasteiger partial charge in [-0.05, 0) is 36.1 Å². The van der Waals surface area contributed by atoms with Crippen LogP contribution in [0.3, 0.4) is 0 Å². The van der Waals surface area contributed by atoms with E-state index in [-0.39, 0.29) is 0 Å². The van der Waals surface area contributed by atoms with Gasteiger partial charge in [0.2, 0.25) is 0 Å². The number of fused-ring (bicyclic) bond motifs is 2. The van der Waals surface area contributed by atoms with Crippen molar-refractivity contribution in [3.05, 3.63) is 59.7 Å². The van der Waals surface area contributed by atoms with Crippen LogP contribution in [-0.4, -0.2) is 4.98 Å².